The van der Waals surface area contributed by atoms with E-state index >= 15 is 0 Å². The zero-order chi connectivity index (χ0) is 15.6. The van der Waals surface area contributed by atoms with Crippen molar-refractivity contribution in [2.24, 2.45) is 0 Å². The van der Waals surface area contributed by atoms with Crippen LogP contribution in [0, 0.1) is 6.92 Å². The molecule has 0 amide bonds. The van der Waals surface area contributed by atoms with Gasteiger partial charge in [-0.25, -0.2) is 8.42 Å². The molecule has 0 radical (unpaired) electrons. The van der Waals surface area contributed by atoms with Crippen molar-refractivity contribution in [2.75, 3.05) is 4.72 Å². The first-order chi connectivity index (χ1) is 9.78. The Balaban J connectivity index is 2.23. The molecular weight excluding hydrogens is 316 g/mol. The predicted octanol–water partition coefficient (Wildman–Crippen LogP) is 1.17. The molecule has 0 fully saturated rings. The number of rotatable bonds is 5. The second-order valence-electron chi connectivity index (χ2n) is 4.30. The van der Waals surface area contributed by atoms with Gasteiger partial charge in [-0.15, -0.1) is 0 Å². The lowest BCUT2D eigenvalue weighted by atomic mass is 10.1. The highest BCUT2D eigenvalue weighted by Gasteiger charge is 2.20. The van der Waals surface area contributed by atoms with E-state index in [0.29, 0.717) is 22.6 Å². The first kappa shape index (κ1) is 15.3. The minimum absolute atomic E-state index is 0.0675. The zero-order valence-electron chi connectivity index (χ0n) is 10.9. The van der Waals surface area contributed by atoms with Crippen molar-refractivity contribution in [1.82, 2.24) is 4.98 Å². The molecule has 0 saturated carbocycles. The molecule has 1 aromatic heterocycles. The van der Waals surface area contributed by atoms with Gasteiger partial charge in [-0.1, -0.05) is 23.5 Å². The highest BCUT2D eigenvalue weighted by atomic mass is 32.2. The summed E-state index contributed by atoms with van der Waals surface area (Å²) in [5, 5.41) is 8.66. The van der Waals surface area contributed by atoms with E-state index in [-0.39, 0.29) is 16.3 Å². The molecule has 0 atom stereocenters. The molecule has 112 valence electrons. The van der Waals surface area contributed by atoms with E-state index in [9.17, 15) is 18.0 Å². The normalized spacial score (nSPS) is 11.3. The van der Waals surface area contributed by atoms with Gasteiger partial charge in [-0.3, -0.25) is 14.3 Å². The second-order valence-corrected chi connectivity index (χ2v) is 7.16. The third-order valence-electron chi connectivity index (χ3n) is 2.59. The number of aliphatic carboxylic acids is 1. The zero-order valence-corrected chi connectivity index (χ0v) is 12.5. The minimum Gasteiger partial charge on any atom is -0.481 e. The van der Waals surface area contributed by atoms with E-state index in [4.69, 9.17) is 5.11 Å². The van der Waals surface area contributed by atoms with Crippen molar-refractivity contribution in [3.05, 3.63) is 45.2 Å². The van der Waals surface area contributed by atoms with Crippen molar-refractivity contribution >= 4 is 33.0 Å². The molecule has 7 nitrogen and oxygen atoms in total. The fourth-order valence-electron chi connectivity index (χ4n) is 1.71. The Hall–Kier alpha value is -2.13. The van der Waals surface area contributed by atoms with Crippen LogP contribution in [0.1, 0.15) is 11.3 Å². The summed E-state index contributed by atoms with van der Waals surface area (Å²) in [5.74, 6) is -0.962. The van der Waals surface area contributed by atoms with Gasteiger partial charge in [-0.05, 0) is 24.6 Å². The topological polar surface area (TPSA) is 116 Å². The van der Waals surface area contributed by atoms with E-state index in [0.717, 1.165) is 0 Å². The molecule has 3 N–H and O–H groups in total. The van der Waals surface area contributed by atoms with E-state index in [2.05, 4.69) is 9.71 Å². The lowest BCUT2D eigenvalue weighted by Crippen LogP contribution is -2.12. The van der Waals surface area contributed by atoms with Crippen LogP contribution in [0.25, 0.3) is 0 Å². The summed E-state index contributed by atoms with van der Waals surface area (Å²) < 4.78 is 26.6. The molecule has 0 saturated heterocycles. The fourth-order valence-corrected chi connectivity index (χ4v) is 4.07. The summed E-state index contributed by atoms with van der Waals surface area (Å²) in [6, 6.07) is 6.00. The number of aryl methyl sites for hydroxylation is 1. The van der Waals surface area contributed by atoms with Gasteiger partial charge in [0.05, 0.1) is 6.42 Å². The van der Waals surface area contributed by atoms with Gasteiger partial charge in [0.15, 0.2) is 4.21 Å². The summed E-state index contributed by atoms with van der Waals surface area (Å²) in [6.07, 6.45) is -0.133. The third-order valence-corrected chi connectivity index (χ3v) is 5.57. The van der Waals surface area contributed by atoms with Crippen molar-refractivity contribution in [1.29, 1.82) is 0 Å². The molecule has 0 unspecified atom stereocenters. The van der Waals surface area contributed by atoms with E-state index in [1.807, 2.05) is 0 Å². The van der Waals surface area contributed by atoms with Crippen molar-refractivity contribution in [3.63, 3.8) is 0 Å². The van der Waals surface area contributed by atoms with Crippen LogP contribution in [0.3, 0.4) is 0 Å². The molecular formula is C12H12N2O5S2. The van der Waals surface area contributed by atoms with Crippen molar-refractivity contribution in [3.8, 4) is 0 Å². The summed E-state index contributed by atoms with van der Waals surface area (Å²) in [4.78, 5) is 23.7. The van der Waals surface area contributed by atoms with E-state index in [1.54, 1.807) is 0 Å². The lowest BCUT2D eigenvalue weighted by molar-refractivity contribution is -0.136. The Labute approximate surface area is 124 Å². The number of benzene rings is 1. The molecule has 2 aromatic rings. The molecule has 1 aromatic carbocycles. The lowest BCUT2D eigenvalue weighted by Gasteiger charge is -2.07. The number of anilines is 1. The number of hydrogen-bond acceptors (Lipinski definition) is 5. The van der Waals surface area contributed by atoms with Crippen LogP contribution in [0.2, 0.25) is 0 Å². The van der Waals surface area contributed by atoms with Gasteiger partial charge in [0.25, 0.3) is 10.0 Å². The summed E-state index contributed by atoms with van der Waals surface area (Å²) in [7, 11) is -3.84. The molecule has 0 aliphatic carbocycles. The molecule has 0 spiro atoms. The first-order valence-corrected chi connectivity index (χ1v) is 8.11. The van der Waals surface area contributed by atoms with Crippen LogP contribution in [0.15, 0.2) is 33.3 Å². The van der Waals surface area contributed by atoms with Gasteiger partial charge in [0.2, 0.25) is 0 Å². The van der Waals surface area contributed by atoms with Crippen LogP contribution < -0.4 is 9.60 Å². The number of nitrogens with one attached hydrogen (secondary N) is 2. The van der Waals surface area contributed by atoms with Crippen LogP contribution in [-0.4, -0.2) is 24.5 Å². The van der Waals surface area contributed by atoms with Gasteiger partial charge >= 0.3 is 10.8 Å². The largest absolute Gasteiger partial charge is 0.481 e. The summed E-state index contributed by atoms with van der Waals surface area (Å²) in [5.41, 5.74) is 1.14. The minimum atomic E-state index is -3.84. The average Bonchev–Trinajstić information content (AvgIpc) is 2.71. The number of thiazole rings is 1. The van der Waals surface area contributed by atoms with Crippen LogP contribution >= 0.6 is 11.3 Å². The monoisotopic (exact) mass is 328 g/mol. The van der Waals surface area contributed by atoms with Gasteiger partial charge in [0.1, 0.15) is 0 Å². The maximum absolute atomic E-state index is 12.1. The Kier molecular flexibility index (Phi) is 4.14. The first-order valence-electron chi connectivity index (χ1n) is 5.81. The number of aromatic amines is 1. The molecule has 0 aliphatic rings. The van der Waals surface area contributed by atoms with Gasteiger partial charge in [0, 0.05) is 11.4 Å². The van der Waals surface area contributed by atoms with Crippen molar-refractivity contribution < 1.29 is 18.3 Å². The molecule has 0 bridgehead atoms. The van der Waals surface area contributed by atoms with Gasteiger partial charge < -0.3 is 10.1 Å². The predicted molar refractivity (Wildman–Crippen MR) is 78.3 cm³/mol. The van der Waals surface area contributed by atoms with Crippen LogP contribution in [-0.2, 0) is 21.2 Å². The standard InChI is InChI=1S/C12H12N2O5S2/c1-7-11(20-12(17)13-7)21(18,19)14-9-4-2-8(3-5-9)6-10(15)16/h2-5,14H,6H2,1H3,(H,13,17)(H,15,16). The quantitative estimate of drug-likeness (QED) is 0.762. The summed E-state index contributed by atoms with van der Waals surface area (Å²) >= 11 is 0.613. The number of carboxylic acid groups (broad SMARTS) is 1. The number of aromatic nitrogens is 1. The third kappa shape index (κ3) is 3.70. The van der Waals surface area contributed by atoms with Crippen LogP contribution in [0.5, 0.6) is 0 Å². The average molecular weight is 328 g/mol. The number of H-pyrrole nitrogens is 1. The maximum Gasteiger partial charge on any atom is 0.307 e. The Bertz CT molecular complexity index is 818. The SMILES string of the molecule is Cc1[nH]c(=O)sc1S(=O)(=O)Nc1ccc(CC(=O)O)cc1. The number of carbonyl (C=O) groups is 1. The number of carboxylic acids is 1. The smallest absolute Gasteiger partial charge is 0.307 e. The molecule has 0 aliphatic heterocycles. The Morgan fingerprint density at radius 1 is 1.33 bits per heavy atom. The highest BCUT2D eigenvalue weighted by molar-refractivity contribution is 7.94. The maximum atomic E-state index is 12.1. The molecule has 9 heteroatoms. The Morgan fingerprint density at radius 3 is 2.43 bits per heavy atom. The van der Waals surface area contributed by atoms with Gasteiger partial charge in [-0.2, -0.15) is 0 Å². The van der Waals surface area contributed by atoms with E-state index < -0.39 is 20.9 Å². The molecule has 1 heterocycles. The van der Waals surface area contributed by atoms with E-state index in [1.165, 1.54) is 31.2 Å². The molecule has 2 rings (SSSR count). The summed E-state index contributed by atoms with van der Waals surface area (Å²) in [6.45, 7) is 1.50. The number of sulfonamides is 1. The van der Waals surface area contributed by atoms with Crippen molar-refractivity contribution in [2.45, 2.75) is 17.6 Å². The highest BCUT2D eigenvalue weighted by Crippen LogP contribution is 2.20. The molecule has 21 heavy (non-hydrogen) atoms. The van der Waals surface area contributed by atoms with Crippen LogP contribution in [0.4, 0.5) is 5.69 Å². The number of hydrogen-bond donors (Lipinski definition) is 3. The second kappa shape index (κ2) is 5.70. The fraction of sp³-hybridized carbons (Fsp3) is 0.167. The Morgan fingerprint density at radius 2 is 1.95 bits per heavy atom.